The van der Waals surface area contributed by atoms with E-state index in [0.717, 1.165) is 5.56 Å². The highest BCUT2D eigenvalue weighted by Gasteiger charge is 2.37. The highest BCUT2D eigenvalue weighted by Crippen LogP contribution is 2.38. The van der Waals surface area contributed by atoms with Crippen LogP contribution in [0, 0.1) is 5.92 Å². The van der Waals surface area contributed by atoms with E-state index in [4.69, 9.17) is 26.2 Å². The van der Waals surface area contributed by atoms with Crippen molar-refractivity contribution in [2.24, 2.45) is 5.92 Å². The predicted molar refractivity (Wildman–Crippen MR) is 145 cm³/mol. The van der Waals surface area contributed by atoms with Gasteiger partial charge in [-0.15, -0.1) is 13.2 Å². The van der Waals surface area contributed by atoms with E-state index in [0.29, 0.717) is 52.7 Å². The molecule has 3 aromatic rings. The van der Waals surface area contributed by atoms with E-state index in [1.807, 2.05) is 0 Å². The van der Waals surface area contributed by atoms with Crippen LogP contribution >= 0.6 is 11.6 Å². The molecule has 1 unspecified atom stereocenters. The van der Waals surface area contributed by atoms with Crippen LogP contribution in [0.4, 0.5) is 24.5 Å². The molecule has 2 aliphatic rings. The number of carboxylic acid groups (broad SMARTS) is 1. The first-order valence-electron chi connectivity index (χ1n) is 12.8. The van der Waals surface area contributed by atoms with Gasteiger partial charge in [-0.2, -0.15) is 0 Å². The molecule has 1 fully saturated rings. The molecule has 3 aromatic carbocycles. The number of carbonyl (C=O) groups is 2. The molecular formula is C29H26ClF3N2O6. The Morgan fingerprint density at radius 2 is 1.73 bits per heavy atom. The molecule has 8 nitrogen and oxygen atoms in total. The smallest absolute Gasteiger partial charge is 0.497 e. The molecule has 0 aromatic heterocycles. The standard InChI is InChI=1S/C29H26ClF3N2O6/c1-39-22-12-20(13-24(14-22)40-23-10-18(11-23)28(37)38)34-26(17-2-5-19(30)6-3-17)27(36)35-9-8-16-4-7-21(15-25(16)35)41-29(31,32)33/h2-7,12-15,18,23,26,34H,8-11H2,1H3,(H,37,38). The topological polar surface area (TPSA) is 97.3 Å². The largest absolute Gasteiger partial charge is 0.573 e. The van der Waals surface area contributed by atoms with Gasteiger partial charge in [-0.05, 0) is 48.6 Å². The van der Waals surface area contributed by atoms with Crippen molar-refractivity contribution < 1.29 is 42.1 Å². The van der Waals surface area contributed by atoms with Gasteiger partial charge in [-0.25, -0.2) is 0 Å². The first kappa shape index (κ1) is 28.4. The number of rotatable bonds is 9. The quantitative estimate of drug-likeness (QED) is 0.305. The third-order valence-corrected chi connectivity index (χ3v) is 7.33. The normalized spacial score (nSPS) is 18.6. The van der Waals surface area contributed by atoms with Gasteiger partial charge in [-0.3, -0.25) is 9.59 Å². The molecule has 2 N–H and O–H groups in total. The number of carbonyl (C=O) groups excluding carboxylic acids is 1. The summed E-state index contributed by atoms with van der Waals surface area (Å²) in [6, 6.07) is 14.7. The molecule has 5 rings (SSSR count). The minimum Gasteiger partial charge on any atom is -0.497 e. The Morgan fingerprint density at radius 1 is 1.02 bits per heavy atom. The molecule has 0 bridgehead atoms. The van der Waals surface area contributed by atoms with Crippen LogP contribution in [-0.4, -0.2) is 43.1 Å². The second-order valence-corrected chi connectivity index (χ2v) is 10.3. The van der Waals surface area contributed by atoms with Crippen molar-refractivity contribution in [1.29, 1.82) is 0 Å². The molecule has 1 atom stereocenters. The van der Waals surface area contributed by atoms with Gasteiger partial charge in [0.2, 0.25) is 0 Å². The fourth-order valence-corrected chi connectivity index (χ4v) is 5.07. The third-order valence-electron chi connectivity index (χ3n) is 7.08. The molecule has 0 spiro atoms. The van der Waals surface area contributed by atoms with Crippen molar-refractivity contribution in [3.63, 3.8) is 0 Å². The van der Waals surface area contributed by atoms with E-state index in [1.54, 1.807) is 42.5 Å². The number of benzene rings is 3. The molecule has 216 valence electrons. The van der Waals surface area contributed by atoms with Crippen molar-refractivity contribution in [3.05, 3.63) is 76.8 Å². The number of anilines is 2. The van der Waals surface area contributed by atoms with Crippen molar-refractivity contribution in [3.8, 4) is 17.2 Å². The number of aliphatic carboxylic acids is 1. The Labute approximate surface area is 238 Å². The molecule has 0 saturated heterocycles. The van der Waals surface area contributed by atoms with Gasteiger partial charge in [0, 0.05) is 41.5 Å². The third kappa shape index (κ3) is 6.62. The van der Waals surface area contributed by atoms with Crippen molar-refractivity contribution in [2.75, 3.05) is 23.9 Å². The van der Waals surface area contributed by atoms with Crippen LogP contribution in [-0.2, 0) is 16.0 Å². The molecule has 1 aliphatic carbocycles. The fourth-order valence-electron chi connectivity index (χ4n) is 4.95. The summed E-state index contributed by atoms with van der Waals surface area (Å²) in [6.07, 6.45) is -3.89. The lowest BCUT2D eigenvalue weighted by Crippen LogP contribution is -2.38. The lowest BCUT2D eigenvalue weighted by Gasteiger charge is -2.32. The van der Waals surface area contributed by atoms with E-state index in [2.05, 4.69) is 10.1 Å². The molecule has 12 heteroatoms. The molecule has 41 heavy (non-hydrogen) atoms. The van der Waals surface area contributed by atoms with Crippen molar-refractivity contribution in [1.82, 2.24) is 0 Å². The SMILES string of the molecule is COc1cc(NC(C(=O)N2CCc3ccc(OC(F)(F)F)cc32)c2ccc(Cl)cc2)cc(OC2CC(C(=O)O)C2)c1. The van der Waals surface area contributed by atoms with Crippen LogP contribution in [0.2, 0.25) is 5.02 Å². The monoisotopic (exact) mass is 590 g/mol. The van der Waals surface area contributed by atoms with Crippen molar-refractivity contribution >= 4 is 34.9 Å². The molecule has 1 saturated carbocycles. The number of hydrogen-bond acceptors (Lipinski definition) is 6. The number of methoxy groups -OCH3 is 1. The summed E-state index contributed by atoms with van der Waals surface area (Å²) in [4.78, 5) is 26.6. The number of halogens is 4. The maximum atomic E-state index is 14.0. The maximum absolute atomic E-state index is 14.0. The number of fused-ring (bicyclic) bond motifs is 1. The second kappa shape index (κ2) is 11.4. The zero-order chi connectivity index (χ0) is 29.3. The minimum absolute atomic E-state index is 0.265. The van der Waals surface area contributed by atoms with E-state index in [1.165, 1.54) is 30.2 Å². The first-order valence-corrected chi connectivity index (χ1v) is 13.2. The summed E-state index contributed by atoms with van der Waals surface area (Å²) in [5.41, 5.74) is 2.12. The van der Waals surface area contributed by atoms with E-state index in [9.17, 15) is 22.8 Å². The zero-order valence-electron chi connectivity index (χ0n) is 21.8. The number of hydrogen-bond donors (Lipinski definition) is 2. The van der Waals surface area contributed by atoms with E-state index in [-0.39, 0.29) is 12.6 Å². The molecular weight excluding hydrogens is 565 g/mol. The summed E-state index contributed by atoms with van der Waals surface area (Å²) in [6.45, 7) is 0.272. The van der Waals surface area contributed by atoms with Gasteiger partial charge in [-0.1, -0.05) is 29.8 Å². The number of alkyl halides is 3. The van der Waals surface area contributed by atoms with Crippen LogP contribution in [0.1, 0.15) is 30.0 Å². The lowest BCUT2D eigenvalue weighted by molar-refractivity contribution is -0.274. The minimum atomic E-state index is -4.87. The first-order chi connectivity index (χ1) is 19.5. The molecule has 0 radical (unpaired) electrons. The van der Waals surface area contributed by atoms with Gasteiger partial charge in [0.15, 0.2) is 0 Å². The van der Waals surface area contributed by atoms with Gasteiger partial charge < -0.3 is 29.5 Å². The Kier molecular flexibility index (Phi) is 7.90. The average molecular weight is 591 g/mol. The molecule has 1 aliphatic heterocycles. The summed E-state index contributed by atoms with van der Waals surface area (Å²) < 4.78 is 54.1. The van der Waals surface area contributed by atoms with E-state index < -0.39 is 35.9 Å². The highest BCUT2D eigenvalue weighted by molar-refractivity contribution is 6.30. The predicted octanol–water partition coefficient (Wildman–Crippen LogP) is 6.23. The van der Waals surface area contributed by atoms with Crippen LogP contribution in [0.25, 0.3) is 0 Å². The van der Waals surface area contributed by atoms with Crippen LogP contribution in [0.5, 0.6) is 17.2 Å². The van der Waals surface area contributed by atoms with Crippen LogP contribution in [0.3, 0.4) is 0 Å². The van der Waals surface area contributed by atoms with Gasteiger partial charge in [0.1, 0.15) is 29.4 Å². The Balaban J connectivity index is 1.43. The van der Waals surface area contributed by atoms with Crippen LogP contribution < -0.4 is 24.4 Å². The molecule has 1 amide bonds. The maximum Gasteiger partial charge on any atom is 0.573 e. The fraction of sp³-hybridized carbons (Fsp3) is 0.310. The summed E-state index contributed by atoms with van der Waals surface area (Å²) in [7, 11) is 1.48. The van der Waals surface area contributed by atoms with Crippen molar-refractivity contribution in [2.45, 2.75) is 37.8 Å². The summed E-state index contributed by atoms with van der Waals surface area (Å²) in [5, 5.41) is 12.8. The van der Waals surface area contributed by atoms with Gasteiger partial charge in [0.05, 0.1) is 18.7 Å². The number of nitrogens with zero attached hydrogens (tertiary/aromatic N) is 1. The van der Waals surface area contributed by atoms with Gasteiger partial charge in [0.25, 0.3) is 5.91 Å². The number of amides is 1. The average Bonchev–Trinajstić information content (AvgIpc) is 3.31. The number of nitrogens with one attached hydrogen (secondary N) is 1. The Bertz CT molecular complexity index is 1440. The van der Waals surface area contributed by atoms with E-state index >= 15 is 0 Å². The lowest BCUT2D eigenvalue weighted by atomic mass is 9.82. The number of carboxylic acids is 1. The van der Waals surface area contributed by atoms with Crippen LogP contribution in [0.15, 0.2) is 60.7 Å². The van der Waals surface area contributed by atoms with Gasteiger partial charge >= 0.3 is 12.3 Å². The highest BCUT2D eigenvalue weighted by atomic mass is 35.5. The Morgan fingerprint density at radius 3 is 2.39 bits per heavy atom. The molecule has 1 heterocycles. The second-order valence-electron chi connectivity index (χ2n) is 9.85. The Hall–Kier alpha value is -4.12. The summed E-state index contributed by atoms with van der Waals surface area (Å²) >= 11 is 6.09. The zero-order valence-corrected chi connectivity index (χ0v) is 22.5. The number of ether oxygens (including phenoxy) is 3. The summed E-state index contributed by atoms with van der Waals surface area (Å²) in [5.74, 6) is -1.24.